The zero-order valence-corrected chi connectivity index (χ0v) is 9.41. The topological polar surface area (TPSA) is 12.0 Å². The van der Waals surface area contributed by atoms with Gasteiger partial charge in [-0.1, -0.05) is 40.5 Å². The van der Waals surface area contributed by atoms with Gasteiger partial charge in [-0.05, 0) is 24.8 Å². The van der Waals surface area contributed by atoms with Crippen molar-refractivity contribution in [1.29, 1.82) is 0 Å². The molecule has 0 aliphatic heterocycles. The normalized spacial score (nSPS) is 16.5. The largest absolute Gasteiger partial charge is 0.319 e. The van der Waals surface area contributed by atoms with Gasteiger partial charge in [0.1, 0.15) is 0 Å². The van der Waals surface area contributed by atoms with Gasteiger partial charge in [-0.25, -0.2) is 0 Å². The van der Waals surface area contributed by atoms with Gasteiger partial charge in [0, 0.05) is 6.54 Å². The average molecular weight is 171 g/mol. The van der Waals surface area contributed by atoms with Crippen LogP contribution < -0.4 is 5.32 Å². The molecule has 0 amide bonds. The number of nitrogens with one attached hydrogen (secondary N) is 1. The van der Waals surface area contributed by atoms with Crippen LogP contribution in [-0.2, 0) is 0 Å². The van der Waals surface area contributed by atoms with Crippen molar-refractivity contribution in [3.8, 4) is 0 Å². The molecule has 0 saturated carbocycles. The van der Waals surface area contributed by atoms with E-state index in [2.05, 4.69) is 40.1 Å². The molecule has 0 aliphatic carbocycles. The third-order valence-electron chi connectivity index (χ3n) is 3.36. The van der Waals surface area contributed by atoms with Gasteiger partial charge >= 0.3 is 0 Å². The molecule has 74 valence electrons. The summed E-state index contributed by atoms with van der Waals surface area (Å²) in [6.45, 7) is 10.5. The van der Waals surface area contributed by atoms with Crippen LogP contribution in [0.25, 0.3) is 0 Å². The molecular formula is C11H25N. The minimum atomic E-state index is 0.498. The van der Waals surface area contributed by atoms with E-state index in [9.17, 15) is 0 Å². The fourth-order valence-corrected chi connectivity index (χ4v) is 2.24. The van der Waals surface area contributed by atoms with E-state index in [1.165, 1.54) is 19.3 Å². The summed E-state index contributed by atoms with van der Waals surface area (Å²) in [6.07, 6.45) is 3.89. The summed E-state index contributed by atoms with van der Waals surface area (Å²) in [5, 5.41) is 3.31. The molecule has 0 radical (unpaired) electrons. The zero-order valence-electron chi connectivity index (χ0n) is 9.41. The first-order valence-electron chi connectivity index (χ1n) is 5.29. The van der Waals surface area contributed by atoms with Crippen molar-refractivity contribution >= 4 is 0 Å². The van der Waals surface area contributed by atoms with E-state index < -0.39 is 0 Å². The fraction of sp³-hybridized carbons (Fsp3) is 1.00. The maximum Gasteiger partial charge on any atom is 0.000470 e. The molecule has 0 rings (SSSR count). The molecule has 0 aliphatic rings. The lowest BCUT2D eigenvalue weighted by molar-refractivity contribution is 0.163. The Kier molecular flexibility index (Phi) is 5.56. The lowest BCUT2D eigenvalue weighted by Gasteiger charge is -2.36. The van der Waals surface area contributed by atoms with Crippen molar-refractivity contribution in [1.82, 2.24) is 5.32 Å². The molecule has 1 nitrogen and oxygen atoms in total. The van der Waals surface area contributed by atoms with Crippen molar-refractivity contribution in [3.05, 3.63) is 0 Å². The summed E-state index contributed by atoms with van der Waals surface area (Å²) in [5.74, 6) is 0.870. The van der Waals surface area contributed by atoms with E-state index >= 15 is 0 Å². The van der Waals surface area contributed by atoms with Crippen molar-refractivity contribution in [2.75, 3.05) is 13.6 Å². The van der Waals surface area contributed by atoms with Gasteiger partial charge in [-0.15, -0.1) is 0 Å². The van der Waals surface area contributed by atoms with Crippen LogP contribution in [0.5, 0.6) is 0 Å². The standard InChI is InChI=1S/C11H25N/c1-6-10(7-2)11(4,8-3)9-12-5/h10,12H,6-9H2,1-5H3. The van der Waals surface area contributed by atoms with Crippen molar-refractivity contribution in [2.45, 2.75) is 47.0 Å². The predicted octanol–water partition coefficient (Wildman–Crippen LogP) is 3.06. The maximum absolute atomic E-state index is 3.31. The van der Waals surface area contributed by atoms with Crippen molar-refractivity contribution in [3.63, 3.8) is 0 Å². The Bertz CT molecular complexity index is 108. The van der Waals surface area contributed by atoms with Crippen LogP contribution in [0.15, 0.2) is 0 Å². The highest BCUT2D eigenvalue weighted by Crippen LogP contribution is 2.34. The molecule has 0 saturated heterocycles. The molecule has 0 bridgehead atoms. The first-order valence-corrected chi connectivity index (χ1v) is 5.29. The second-order valence-electron chi connectivity index (χ2n) is 4.05. The molecule has 1 N–H and O–H groups in total. The first-order chi connectivity index (χ1) is 5.64. The van der Waals surface area contributed by atoms with Crippen LogP contribution in [0.2, 0.25) is 0 Å². The van der Waals surface area contributed by atoms with Crippen LogP contribution in [0.1, 0.15) is 47.0 Å². The Labute approximate surface area is 77.9 Å². The second kappa shape index (κ2) is 5.58. The average Bonchev–Trinajstić information content (AvgIpc) is 2.07. The highest BCUT2D eigenvalue weighted by Gasteiger charge is 2.28. The van der Waals surface area contributed by atoms with Crippen LogP contribution in [0, 0.1) is 11.3 Å². The SMILES string of the molecule is CCC(CC)C(C)(CC)CNC. The second-order valence-corrected chi connectivity index (χ2v) is 4.05. The Hall–Kier alpha value is -0.0400. The molecule has 1 heteroatoms. The van der Waals surface area contributed by atoms with Gasteiger partial charge < -0.3 is 5.32 Å². The van der Waals surface area contributed by atoms with Crippen LogP contribution >= 0.6 is 0 Å². The summed E-state index contributed by atoms with van der Waals surface area (Å²) >= 11 is 0. The molecular weight excluding hydrogens is 146 g/mol. The zero-order chi connectivity index (χ0) is 9.61. The van der Waals surface area contributed by atoms with Crippen LogP contribution in [0.3, 0.4) is 0 Å². The summed E-state index contributed by atoms with van der Waals surface area (Å²) in [6, 6.07) is 0. The number of hydrogen-bond acceptors (Lipinski definition) is 1. The van der Waals surface area contributed by atoms with E-state index in [0.717, 1.165) is 12.5 Å². The molecule has 1 atom stereocenters. The molecule has 0 heterocycles. The smallest absolute Gasteiger partial charge is 0.000470 e. The Morgan fingerprint density at radius 3 is 1.92 bits per heavy atom. The first kappa shape index (κ1) is 12.0. The maximum atomic E-state index is 3.31. The molecule has 0 aromatic carbocycles. The Morgan fingerprint density at radius 2 is 1.67 bits per heavy atom. The summed E-state index contributed by atoms with van der Waals surface area (Å²) in [5.41, 5.74) is 0.498. The van der Waals surface area contributed by atoms with E-state index in [1.807, 2.05) is 0 Å². The summed E-state index contributed by atoms with van der Waals surface area (Å²) in [4.78, 5) is 0. The molecule has 0 fully saturated rings. The number of hydrogen-bond donors (Lipinski definition) is 1. The predicted molar refractivity (Wildman–Crippen MR) is 56.4 cm³/mol. The van der Waals surface area contributed by atoms with Crippen LogP contribution in [-0.4, -0.2) is 13.6 Å². The van der Waals surface area contributed by atoms with Crippen molar-refractivity contribution < 1.29 is 0 Å². The van der Waals surface area contributed by atoms with E-state index in [1.54, 1.807) is 0 Å². The highest BCUT2D eigenvalue weighted by molar-refractivity contribution is 4.81. The fourth-order valence-electron chi connectivity index (χ4n) is 2.24. The lowest BCUT2D eigenvalue weighted by Crippen LogP contribution is -2.35. The van der Waals surface area contributed by atoms with Gasteiger partial charge in [-0.3, -0.25) is 0 Å². The minimum Gasteiger partial charge on any atom is -0.319 e. The van der Waals surface area contributed by atoms with Gasteiger partial charge in [0.2, 0.25) is 0 Å². The van der Waals surface area contributed by atoms with Gasteiger partial charge in [-0.2, -0.15) is 0 Å². The van der Waals surface area contributed by atoms with E-state index in [4.69, 9.17) is 0 Å². The van der Waals surface area contributed by atoms with E-state index in [0.29, 0.717) is 5.41 Å². The third-order valence-corrected chi connectivity index (χ3v) is 3.36. The summed E-state index contributed by atoms with van der Waals surface area (Å²) in [7, 11) is 2.05. The minimum absolute atomic E-state index is 0.498. The van der Waals surface area contributed by atoms with Gasteiger partial charge in [0.15, 0.2) is 0 Å². The third kappa shape index (κ3) is 2.78. The molecule has 0 spiro atoms. The van der Waals surface area contributed by atoms with Crippen molar-refractivity contribution in [2.24, 2.45) is 11.3 Å². The van der Waals surface area contributed by atoms with Crippen LogP contribution in [0.4, 0.5) is 0 Å². The molecule has 12 heavy (non-hydrogen) atoms. The summed E-state index contributed by atoms with van der Waals surface area (Å²) < 4.78 is 0. The molecule has 1 unspecified atom stereocenters. The molecule has 0 aromatic rings. The quantitative estimate of drug-likeness (QED) is 0.647. The van der Waals surface area contributed by atoms with E-state index in [-0.39, 0.29) is 0 Å². The van der Waals surface area contributed by atoms with Gasteiger partial charge in [0.05, 0.1) is 0 Å². The highest BCUT2D eigenvalue weighted by atomic mass is 14.8. The monoisotopic (exact) mass is 171 g/mol. The number of rotatable bonds is 6. The Morgan fingerprint density at radius 1 is 1.17 bits per heavy atom. The lowest BCUT2D eigenvalue weighted by atomic mass is 9.72. The Balaban J connectivity index is 4.24. The van der Waals surface area contributed by atoms with Gasteiger partial charge in [0.25, 0.3) is 0 Å². The molecule has 0 aromatic heterocycles.